The summed E-state index contributed by atoms with van der Waals surface area (Å²) < 4.78 is 32.4. The molecule has 0 aliphatic carbocycles. The van der Waals surface area contributed by atoms with Gasteiger partial charge in [0.2, 0.25) is 10.0 Å². The minimum Gasteiger partial charge on any atom is -0.478 e. The summed E-state index contributed by atoms with van der Waals surface area (Å²) in [7, 11) is -3.76. The Bertz CT molecular complexity index is 616. The number of hydrogen-bond donors (Lipinski definition) is 3. The summed E-state index contributed by atoms with van der Waals surface area (Å²) in [6, 6.07) is 4.03. The van der Waals surface area contributed by atoms with Crippen molar-refractivity contribution < 1.29 is 23.1 Å². The van der Waals surface area contributed by atoms with Gasteiger partial charge in [0.15, 0.2) is 0 Å². The summed E-state index contributed by atoms with van der Waals surface area (Å²) in [4.78, 5) is 11.0. The van der Waals surface area contributed by atoms with Crippen molar-refractivity contribution in [3.63, 3.8) is 0 Å². The predicted molar refractivity (Wildman–Crippen MR) is 88.5 cm³/mol. The van der Waals surface area contributed by atoms with Gasteiger partial charge < -0.3 is 15.2 Å². The molecule has 1 aromatic carbocycles. The number of rotatable bonds is 11. The SMILES string of the molecule is CCCNS(=O)(=O)c1cc(C(=O)O)ccc1NCCCOCC. The van der Waals surface area contributed by atoms with Crippen LogP contribution >= 0.6 is 0 Å². The first kappa shape index (κ1) is 19.4. The number of carboxylic acid groups (broad SMARTS) is 1. The van der Waals surface area contributed by atoms with Gasteiger partial charge in [-0.2, -0.15) is 0 Å². The van der Waals surface area contributed by atoms with Crippen LogP contribution < -0.4 is 10.0 Å². The normalized spacial score (nSPS) is 11.4. The maximum Gasteiger partial charge on any atom is 0.335 e. The van der Waals surface area contributed by atoms with Crippen molar-refractivity contribution in [2.45, 2.75) is 31.6 Å². The van der Waals surface area contributed by atoms with E-state index in [1.54, 1.807) is 0 Å². The number of carboxylic acids is 1. The summed E-state index contributed by atoms with van der Waals surface area (Å²) >= 11 is 0. The highest BCUT2D eigenvalue weighted by Gasteiger charge is 2.20. The molecule has 0 aliphatic rings. The van der Waals surface area contributed by atoms with Gasteiger partial charge in [0.1, 0.15) is 4.90 Å². The molecule has 1 aromatic rings. The third-order valence-electron chi connectivity index (χ3n) is 3.05. The predicted octanol–water partition coefficient (Wildman–Crippen LogP) is 1.91. The fourth-order valence-corrected chi connectivity index (χ4v) is 3.22. The number of ether oxygens (including phenoxy) is 1. The quantitative estimate of drug-likeness (QED) is 0.530. The maximum atomic E-state index is 12.4. The Balaban J connectivity index is 2.97. The zero-order valence-electron chi connectivity index (χ0n) is 13.5. The van der Waals surface area contributed by atoms with Gasteiger partial charge in [-0.3, -0.25) is 0 Å². The zero-order chi connectivity index (χ0) is 17.3. The average Bonchev–Trinajstić information content (AvgIpc) is 2.52. The van der Waals surface area contributed by atoms with Crippen LogP contribution in [0.15, 0.2) is 23.1 Å². The van der Waals surface area contributed by atoms with E-state index < -0.39 is 16.0 Å². The largest absolute Gasteiger partial charge is 0.478 e. The van der Waals surface area contributed by atoms with E-state index in [-0.39, 0.29) is 10.5 Å². The van der Waals surface area contributed by atoms with Crippen LogP contribution in [0, 0.1) is 0 Å². The van der Waals surface area contributed by atoms with Gasteiger partial charge >= 0.3 is 5.97 Å². The van der Waals surface area contributed by atoms with Crippen LogP contribution in [0.25, 0.3) is 0 Å². The van der Waals surface area contributed by atoms with Crippen molar-refractivity contribution in [3.8, 4) is 0 Å². The van der Waals surface area contributed by atoms with Crippen LogP contribution in [0.5, 0.6) is 0 Å². The van der Waals surface area contributed by atoms with Gasteiger partial charge in [-0.1, -0.05) is 6.92 Å². The van der Waals surface area contributed by atoms with Crippen LogP contribution in [-0.2, 0) is 14.8 Å². The van der Waals surface area contributed by atoms with Gasteiger partial charge in [0.25, 0.3) is 0 Å². The maximum absolute atomic E-state index is 12.4. The molecule has 7 nitrogen and oxygen atoms in total. The minimum atomic E-state index is -3.76. The number of carbonyl (C=O) groups is 1. The Morgan fingerprint density at radius 2 is 2.00 bits per heavy atom. The van der Waals surface area contributed by atoms with Crippen LogP contribution in [0.4, 0.5) is 5.69 Å². The summed E-state index contributed by atoms with van der Waals surface area (Å²) in [6.45, 7) is 5.79. The summed E-state index contributed by atoms with van der Waals surface area (Å²) in [5.74, 6) is -1.17. The van der Waals surface area contributed by atoms with Crippen molar-refractivity contribution in [2.24, 2.45) is 0 Å². The highest BCUT2D eigenvalue weighted by molar-refractivity contribution is 7.89. The van der Waals surface area contributed by atoms with E-state index in [1.165, 1.54) is 18.2 Å². The van der Waals surface area contributed by atoms with Crippen LogP contribution in [-0.4, -0.2) is 45.8 Å². The molecule has 0 fully saturated rings. The van der Waals surface area contributed by atoms with E-state index in [0.717, 1.165) is 6.42 Å². The number of nitrogens with one attached hydrogen (secondary N) is 2. The van der Waals surface area contributed by atoms with Gasteiger partial charge in [0, 0.05) is 26.3 Å². The minimum absolute atomic E-state index is 0.0535. The second-order valence-corrected chi connectivity index (χ2v) is 6.63. The highest BCUT2D eigenvalue weighted by Crippen LogP contribution is 2.23. The first-order valence-electron chi connectivity index (χ1n) is 7.61. The lowest BCUT2D eigenvalue weighted by Crippen LogP contribution is -2.26. The van der Waals surface area contributed by atoms with Crippen molar-refractivity contribution in [2.75, 3.05) is 31.6 Å². The van der Waals surface area contributed by atoms with Crippen LogP contribution in [0.2, 0.25) is 0 Å². The van der Waals surface area contributed by atoms with Crippen molar-refractivity contribution >= 4 is 21.7 Å². The second-order valence-electron chi connectivity index (χ2n) is 4.89. The molecular formula is C15H24N2O5S. The van der Waals surface area contributed by atoms with E-state index in [4.69, 9.17) is 9.84 Å². The van der Waals surface area contributed by atoms with E-state index in [9.17, 15) is 13.2 Å². The molecule has 130 valence electrons. The van der Waals surface area contributed by atoms with E-state index >= 15 is 0 Å². The summed E-state index contributed by atoms with van der Waals surface area (Å²) in [6.07, 6.45) is 1.37. The Hall–Kier alpha value is -1.64. The molecule has 0 radical (unpaired) electrons. The number of sulfonamides is 1. The lowest BCUT2D eigenvalue weighted by molar-refractivity contribution is 0.0696. The molecule has 0 aromatic heterocycles. The second kappa shape index (κ2) is 9.49. The average molecular weight is 344 g/mol. The van der Waals surface area contributed by atoms with Gasteiger partial charge in [0.05, 0.1) is 11.3 Å². The molecule has 3 N–H and O–H groups in total. The molecule has 0 atom stereocenters. The van der Waals surface area contributed by atoms with Crippen molar-refractivity contribution in [3.05, 3.63) is 23.8 Å². The molecule has 0 heterocycles. The molecule has 0 spiro atoms. The zero-order valence-corrected chi connectivity index (χ0v) is 14.3. The number of anilines is 1. The van der Waals surface area contributed by atoms with Gasteiger partial charge in [-0.25, -0.2) is 17.9 Å². The van der Waals surface area contributed by atoms with Crippen molar-refractivity contribution in [1.82, 2.24) is 4.72 Å². The summed E-state index contributed by atoms with van der Waals surface area (Å²) in [5.41, 5.74) is 0.317. The van der Waals surface area contributed by atoms with Gasteiger partial charge in [-0.15, -0.1) is 0 Å². The number of hydrogen-bond acceptors (Lipinski definition) is 5. The highest BCUT2D eigenvalue weighted by atomic mass is 32.2. The first-order valence-corrected chi connectivity index (χ1v) is 9.09. The third-order valence-corrected chi connectivity index (χ3v) is 4.55. The fourth-order valence-electron chi connectivity index (χ4n) is 1.88. The molecule has 0 unspecified atom stereocenters. The lowest BCUT2D eigenvalue weighted by Gasteiger charge is -2.14. The van der Waals surface area contributed by atoms with E-state index in [0.29, 0.717) is 38.4 Å². The fraction of sp³-hybridized carbons (Fsp3) is 0.533. The lowest BCUT2D eigenvalue weighted by atomic mass is 10.2. The van der Waals surface area contributed by atoms with Crippen LogP contribution in [0.3, 0.4) is 0 Å². The molecule has 0 aliphatic heterocycles. The smallest absolute Gasteiger partial charge is 0.335 e. The number of benzene rings is 1. The topological polar surface area (TPSA) is 105 Å². The summed E-state index contributed by atoms with van der Waals surface area (Å²) in [5, 5.41) is 12.1. The molecule has 23 heavy (non-hydrogen) atoms. The Kier molecular flexibility index (Phi) is 8.01. The standard InChI is InChI=1S/C15H24N2O5S/c1-3-8-17-23(20,21)14-11-12(15(18)19)6-7-13(14)16-9-5-10-22-4-2/h6-7,11,16-17H,3-5,8-10H2,1-2H3,(H,18,19). The van der Waals surface area contributed by atoms with Crippen molar-refractivity contribution in [1.29, 1.82) is 0 Å². The van der Waals surface area contributed by atoms with E-state index in [1.807, 2.05) is 13.8 Å². The third kappa shape index (κ3) is 6.17. The van der Waals surface area contributed by atoms with Crippen LogP contribution in [0.1, 0.15) is 37.0 Å². The Morgan fingerprint density at radius 1 is 1.26 bits per heavy atom. The molecule has 0 bridgehead atoms. The number of aromatic carboxylic acids is 1. The molecule has 0 amide bonds. The van der Waals surface area contributed by atoms with E-state index in [2.05, 4.69) is 10.0 Å². The molecule has 8 heteroatoms. The first-order chi connectivity index (χ1) is 10.9. The molecular weight excluding hydrogens is 320 g/mol. The Morgan fingerprint density at radius 3 is 2.61 bits per heavy atom. The molecule has 0 saturated heterocycles. The molecule has 0 saturated carbocycles. The van der Waals surface area contributed by atoms with Gasteiger partial charge in [-0.05, 0) is 38.0 Å². The Labute approximate surface area is 137 Å². The monoisotopic (exact) mass is 344 g/mol. The molecule has 1 rings (SSSR count).